The molecule has 1 fully saturated rings. The molecule has 1 aliphatic rings. The number of thiophene rings is 1. The molecule has 0 spiro atoms. The van der Waals surface area contributed by atoms with E-state index in [1.807, 2.05) is 0 Å². The fourth-order valence-electron chi connectivity index (χ4n) is 1.86. The van der Waals surface area contributed by atoms with Crippen LogP contribution in [0.15, 0.2) is 20.1 Å². The Hall–Kier alpha value is -0.440. The summed E-state index contributed by atoms with van der Waals surface area (Å²) in [5.74, 6) is -0.582. The predicted octanol–water partition coefficient (Wildman–Crippen LogP) is 1.15. The van der Waals surface area contributed by atoms with Crippen LogP contribution in [0.2, 0.25) is 0 Å². The largest absolute Gasteiger partial charge is 0.368 e. The van der Waals surface area contributed by atoms with Gasteiger partial charge in [0.25, 0.3) is 10.0 Å². The molecular weight excluding hydrogens is 328 g/mol. The third kappa shape index (κ3) is 2.40. The van der Waals surface area contributed by atoms with E-state index in [9.17, 15) is 13.2 Å². The van der Waals surface area contributed by atoms with Crippen LogP contribution in [0.5, 0.6) is 0 Å². The van der Waals surface area contributed by atoms with E-state index >= 15 is 0 Å². The highest BCUT2D eigenvalue weighted by molar-refractivity contribution is 9.11. The molecule has 1 unspecified atom stereocenters. The van der Waals surface area contributed by atoms with Crippen molar-refractivity contribution in [3.05, 3.63) is 15.9 Å². The van der Waals surface area contributed by atoms with Gasteiger partial charge in [-0.1, -0.05) is 0 Å². The Morgan fingerprint density at radius 2 is 2.24 bits per heavy atom. The lowest BCUT2D eigenvalue weighted by atomic mass is 10.2. The molecule has 1 aliphatic heterocycles. The molecule has 0 aromatic carbocycles. The molecule has 0 radical (unpaired) electrons. The van der Waals surface area contributed by atoms with E-state index in [0.717, 1.165) is 15.1 Å². The Balaban J connectivity index is 2.36. The van der Waals surface area contributed by atoms with Crippen LogP contribution in [-0.4, -0.2) is 31.2 Å². The Bertz CT molecular complexity index is 540. The summed E-state index contributed by atoms with van der Waals surface area (Å²) >= 11 is 4.35. The summed E-state index contributed by atoms with van der Waals surface area (Å²) in [7, 11) is -3.59. The summed E-state index contributed by atoms with van der Waals surface area (Å²) < 4.78 is 26.7. The van der Waals surface area contributed by atoms with Gasteiger partial charge in [-0.2, -0.15) is 4.31 Å². The minimum Gasteiger partial charge on any atom is -0.368 e. The molecule has 2 heterocycles. The van der Waals surface area contributed by atoms with Crippen molar-refractivity contribution in [1.82, 2.24) is 4.31 Å². The molecular formula is C9H11BrN2O3S2. The SMILES string of the molecule is NC(=O)C1CCCN1S(=O)(=O)c1ccc(Br)s1. The maximum Gasteiger partial charge on any atom is 0.253 e. The number of sulfonamides is 1. The van der Waals surface area contributed by atoms with E-state index in [4.69, 9.17) is 5.73 Å². The Morgan fingerprint density at radius 1 is 1.53 bits per heavy atom. The summed E-state index contributed by atoms with van der Waals surface area (Å²) in [5, 5.41) is 0. The van der Waals surface area contributed by atoms with Crippen LogP contribution in [0.4, 0.5) is 0 Å². The Labute approximate surface area is 112 Å². The van der Waals surface area contributed by atoms with Crippen molar-refractivity contribution in [3.63, 3.8) is 0 Å². The molecule has 5 nitrogen and oxygen atoms in total. The standard InChI is InChI=1S/C9H11BrN2O3S2/c10-7-3-4-8(16-7)17(14,15)12-5-1-2-6(12)9(11)13/h3-4,6H,1-2,5H2,(H2,11,13). The van der Waals surface area contributed by atoms with Crippen molar-refractivity contribution in [1.29, 1.82) is 0 Å². The maximum atomic E-state index is 12.3. The van der Waals surface area contributed by atoms with E-state index in [-0.39, 0.29) is 4.21 Å². The average molecular weight is 339 g/mol. The van der Waals surface area contributed by atoms with Gasteiger partial charge in [-0.25, -0.2) is 8.42 Å². The quantitative estimate of drug-likeness (QED) is 0.897. The number of carbonyl (C=O) groups is 1. The number of amides is 1. The second-order valence-corrected chi connectivity index (χ2v) is 8.32. The first-order valence-corrected chi connectivity index (χ1v) is 8.04. The second-order valence-electron chi connectivity index (χ2n) is 3.73. The van der Waals surface area contributed by atoms with Crippen LogP contribution in [0, 0.1) is 0 Å². The van der Waals surface area contributed by atoms with E-state index < -0.39 is 22.0 Å². The van der Waals surface area contributed by atoms with Crippen molar-refractivity contribution in [3.8, 4) is 0 Å². The fourth-order valence-corrected chi connectivity index (χ4v) is 5.67. The minimum absolute atomic E-state index is 0.234. The van der Waals surface area contributed by atoms with E-state index in [0.29, 0.717) is 19.4 Å². The van der Waals surface area contributed by atoms with Crippen molar-refractivity contribution in [2.45, 2.75) is 23.1 Å². The summed E-state index contributed by atoms with van der Waals surface area (Å²) in [6, 6.07) is 2.49. The van der Waals surface area contributed by atoms with E-state index in [1.54, 1.807) is 6.07 Å². The second kappa shape index (κ2) is 4.68. The smallest absolute Gasteiger partial charge is 0.253 e. The maximum absolute atomic E-state index is 12.3. The van der Waals surface area contributed by atoms with Gasteiger partial charge >= 0.3 is 0 Å². The number of halogens is 1. The number of nitrogens with zero attached hydrogens (tertiary/aromatic N) is 1. The number of primary amides is 1. The molecule has 0 bridgehead atoms. The van der Waals surface area contributed by atoms with Gasteiger partial charge in [0, 0.05) is 6.54 Å². The lowest BCUT2D eigenvalue weighted by Crippen LogP contribution is -2.43. The van der Waals surface area contributed by atoms with Crippen molar-refractivity contribution in [2.75, 3.05) is 6.54 Å². The van der Waals surface area contributed by atoms with Gasteiger partial charge in [-0.3, -0.25) is 4.79 Å². The molecule has 1 amide bonds. The summed E-state index contributed by atoms with van der Waals surface area (Å²) in [5.41, 5.74) is 5.22. The summed E-state index contributed by atoms with van der Waals surface area (Å²) in [6.07, 6.45) is 1.17. The van der Waals surface area contributed by atoms with Crippen LogP contribution < -0.4 is 5.73 Å². The predicted molar refractivity (Wildman–Crippen MR) is 68.1 cm³/mol. The molecule has 0 aliphatic carbocycles. The minimum atomic E-state index is -3.59. The van der Waals surface area contributed by atoms with Crippen molar-refractivity contribution < 1.29 is 13.2 Å². The fraction of sp³-hybridized carbons (Fsp3) is 0.444. The normalized spacial score (nSPS) is 21.8. The third-order valence-electron chi connectivity index (χ3n) is 2.64. The van der Waals surface area contributed by atoms with Gasteiger partial charge in [0.05, 0.1) is 3.79 Å². The first-order valence-electron chi connectivity index (χ1n) is 4.99. The first-order chi connectivity index (χ1) is 7.93. The molecule has 2 rings (SSSR count). The number of nitrogens with two attached hydrogens (primary N) is 1. The van der Waals surface area contributed by atoms with Gasteiger partial charge in [0.15, 0.2) is 0 Å². The van der Waals surface area contributed by atoms with E-state index in [2.05, 4.69) is 15.9 Å². The van der Waals surface area contributed by atoms with Crippen LogP contribution in [-0.2, 0) is 14.8 Å². The highest BCUT2D eigenvalue weighted by Gasteiger charge is 2.38. The molecule has 1 atom stereocenters. The lowest BCUT2D eigenvalue weighted by Gasteiger charge is -2.20. The van der Waals surface area contributed by atoms with Crippen LogP contribution in [0.3, 0.4) is 0 Å². The Morgan fingerprint density at radius 3 is 2.76 bits per heavy atom. The highest BCUT2D eigenvalue weighted by atomic mass is 79.9. The molecule has 0 saturated carbocycles. The van der Waals surface area contributed by atoms with Gasteiger partial charge in [-0.05, 0) is 40.9 Å². The zero-order chi connectivity index (χ0) is 12.6. The van der Waals surface area contributed by atoms with Crippen LogP contribution in [0.1, 0.15) is 12.8 Å². The average Bonchev–Trinajstić information content (AvgIpc) is 2.84. The number of rotatable bonds is 3. The Kier molecular flexibility index (Phi) is 3.58. The molecule has 1 aromatic rings. The van der Waals surface area contributed by atoms with Gasteiger partial charge in [0.2, 0.25) is 5.91 Å². The third-order valence-corrected chi connectivity index (χ3v) is 6.64. The first kappa shape index (κ1) is 13.0. The molecule has 94 valence electrons. The molecule has 2 N–H and O–H groups in total. The zero-order valence-electron chi connectivity index (χ0n) is 8.80. The molecule has 1 aromatic heterocycles. The van der Waals surface area contributed by atoms with E-state index in [1.165, 1.54) is 10.4 Å². The van der Waals surface area contributed by atoms with Crippen LogP contribution in [0.25, 0.3) is 0 Å². The zero-order valence-corrected chi connectivity index (χ0v) is 12.0. The van der Waals surface area contributed by atoms with Crippen molar-refractivity contribution >= 4 is 43.2 Å². The summed E-state index contributed by atoms with van der Waals surface area (Å²) in [6.45, 7) is 0.353. The molecule has 8 heteroatoms. The molecule has 1 saturated heterocycles. The van der Waals surface area contributed by atoms with Gasteiger partial charge in [-0.15, -0.1) is 11.3 Å². The molecule has 17 heavy (non-hydrogen) atoms. The summed E-state index contributed by atoms with van der Waals surface area (Å²) in [4.78, 5) is 11.2. The number of carbonyl (C=O) groups excluding carboxylic acids is 1. The van der Waals surface area contributed by atoms with Crippen molar-refractivity contribution in [2.24, 2.45) is 5.73 Å². The lowest BCUT2D eigenvalue weighted by molar-refractivity contribution is -0.121. The number of hydrogen-bond acceptors (Lipinski definition) is 4. The van der Waals surface area contributed by atoms with Gasteiger partial charge in [0.1, 0.15) is 10.3 Å². The van der Waals surface area contributed by atoms with Crippen LogP contribution >= 0.6 is 27.3 Å². The highest BCUT2D eigenvalue weighted by Crippen LogP contribution is 2.32. The van der Waals surface area contributed by atoms with Gasteiger partial charge < -0.3 is 5.73 Å². The topological polar surface area (TPSA) is 80.5 Å². The monoisotopic (exact) mass is 338 g/mol. The number of hydrogen-bond donors (Lipinski definition) is 1.